The standard InChI is InChI=1S/C15H24N2O/c1-13-11-15(7-8-16-13)17-9-3-5-14(12-17)6-4-10-18-2/h7-8,11,14H,3-6,9-10,12H2,1-2H3/t14-/m0/s1. The Kier molecular flexibility index (Phi) is 5.00. The maximum Gasteiger partial charge on any atom is 0.0462 e. The van der Waals surface area contributed by atoms with E-state index in [0.29, 0.717) is 0 Å². The number of anilines is 1. The summed E-state index contributed by atoms with van der Waals surface area (Å²) in [6.07, 6.45) is 7.06. The molecule has 0 unspecified atom stereocenters. The van der Waals surface area contributed by atoms with Crippen molar-refractivity contribution in [1.82, 2.24) is 4.98 Å². The minimum Gasteiger partial charge on any atom is -0.385 e. The Labute approximate surface area is 110 Å². The van der Waals surface area contributed by atoms with Crippen LogP contribution in [0.4, 0.5) is 5.69 Å². The lowest BCUT2D eigenvalue weighted by atomic mass is 9.93. The Balaban J connectivity index is 1.90. The van der Waals surface area contributed by atoms with Crippen molar-refractivity contribution < 1.29 is 4.74 Å². The molecule has 0 N–H and O–H groups in total. The highest BCUT2D eigenvalue weighted by Gasteiger charge is 2.19. The van der Waals surface area contributed by atoms with E-state index >= 15 is 0 Å². The van der Waals surface area contributed by atoms with Crippen LogP contribution in [-0.2, 0) is 4.74 Å². The van der Waals surface area contributed by atoms with Gasteiger partial charge in [-0.2, -0.15) is 0 Å². The molecule has 1 aromatic heterocycles. The van der Waals surface area contributed by atoms with Crippen LogP contribution in [0.5, 0.6) is 0 Å². The summed E-state index contributed by atoms with van der Waals surface area (Å²) in [5, 5.41) is 0. The molecule has 1 saturated heterocycles. The molecule has 1 aliphatic rings. The number of aromatic nitrogens is 1. The van der Waals surface area contributed by atoms with E-state index in [-0.39, 0.29) is 0 Å². The highest BCUT2D eigenvalue weighted by Crippen LogP contribution is 2.25. The molecule has 100 valence electrons. The third-order valence-corrected chi connectivity index (χ3v) is 3.73. The van der Waals surface area contributed by atoms with E-state index < -0.39 is 0 Å². The minimum absolute atomic E-state index is 0.822. The minimum atomic E-state index is 0.822. The third-order valence-electron chi connectivity index (χ3n) is 3.73. The summed E-state index contributed by atoms with van der Waals surface area (Å²) >= 11 is 0. The van der Waals surface area contributed by atoms with Crippen molar-refractivity contribution >= 4 is 5.69 Å². The first kappa shape index (κ1) is 13.3. The number of pyridine rings is 1. The summed E-state index contributed by atoms with van der Waals surface area (Å²) in [5.41, 5.74) is 2.44. The number of aryl methyl sites for hydroxylation is 1. The Morgan fingerprint density at radius 2 is 2.39 bits per heavy atom. The maximum absolute atomic E-state index is 5.14. The lowest BCUT2D eigenvalue weighted by Crippen LogP contribution is -2.35. The van der Waals surface area contributed by atoms with Crippen LogP contribution in [0, 0.1) is 12.8 Å². The van der Waals surface area contributed by atoms with Crippen molar-refractivity contribution in [2.45, 2.75) is 32.6 Å². The van der Waals surface area contributed by atoms with E-state index in [4.69, 9.17) is 4.74 Å². The lowest BCUT2D eigenvalue weighted by Gasteiger charge is -2.34. The van der Waals surface area contributed by atoms with Gasteiger partial charge in [0, 0.05) is 44.4 Å². The predicted molar refractivity (Wildman–Crippen MR) is 75.0 cm³/mol. The first-order valence-electron chi connectivity index (χ1n) is 6.96. The summed E-state index contributed by atoms with van der Waals surface area (Å²) in [6, 6.07) is 4.32. The molecule has 0 spiro atoms. The van der Waals surface area contributed by atoms with E-state index in [0.717, 1.165) is 18.2 Å². The normalized spacial score (nSPS) is 20.1. The zero-order valence-corrected chi connectivity index (χ0v) is 11.6. The first-order valence-corrected chi connectivity index (χ1v) is 6.96. The second kappa shape index (κ2) is 6.74. The second-order valence-electron chi connectivity index (χ2n) is 5.24. The molecule has 0 aliphatic carbocycles. The SMILES string of the molecule is COCCC[C@@H]1CCCN(c2ccnc(C)c2)C1. The molecule has 3 heteroatoms. The zero-order valence-electron chi connectivity index (χ0n) is 11.6. The van der Waals surface area contributed by atoms with Crippen molar-refractivity contribution in [1.29, 1.82) is 0 Å². The number of ether oxygens (including phenoxy) is 1. The van der Waals surface area contributed by atoms with Gasteiger partial charge in [0.05, 0.1) is 0 Å². The zero-order chi connectivity index (χ0) is 12.8. The van der Waals surface area contributed by atoms with E-state index in [1.165, 1.54) is 44.5 Å². The van der Waals surface area contributed by atoms with E-state index in [1.807, 2.05) is 6.20 Å². The van der Waals surface area contributed by atoms with Crippen LogP contribution in [0.1, 0.15) is 31.4 Å². The van der Waals surface area contributed by atoms with Crippen molar-refractivity contribution in [2.75, 3.05) is 31.7 Å². The molecule has 0 saturated carbocycles. The molecule has 1 atom stereocenters. The Bertz CT molecular complexity index is 367. The Morgan fingerprint density at radius 1 is 1.50 bits per heavy atom. The summed E-state index contributed by atoms with van der Waals surface area (Å²) < 4.78 is 5.14. The predicted octanol–water partition coefficient (Wildman–Crippen LogP) is 3.03. The van der Waals surface area contributed by atoms with Crippen LogP contribution in [0.15, 0.2) is 18.3 Å². The van der Waals surface area contributed by atoms with Crippen molar-refractivity contribution in [3.05, 3.63) is 24.0 Å². The molecule has 0 amide bonds. The highest BCUT2D eigenvalue weighted by atomic mass is 16.5. The Hall–Kier alpha value is -1.09. The molecule has 18 heavy (non-hydrogen) atoms. The molecule has 1 aromatic rings. The fraction of sp³-hybridized carbons (Fsp3) is 0.667. The summed E-state index contributed by atoms with van der Waals surface area (Å²) in [4.78, 5) is 6.78. The van der Waals surface area contributed by atoms with Gasteiger partial charge in [-0.3, -0.25) is 4.98 Å². The third kappa shape index (κ3) is 3.70. The number of nitrogens with zero attached hydrogens (tertiary/aromatic N) is 2. The summed E-state index contributed by atoms with van der Waals surface area (Å²) in [6.45, 7) is 5.33. The number of hydrogen-bond acceptors (Lipinski definition) is 3. The smallest absolute Gasteiger partial charge is 0.0462 e. The van der Waals surface area contributed by atoms with Gasteiger partial charge in [-0.1, -0.05) is 0 Å². The van der Waals surface area contributed by atoms with Gasteiger partial charge in [0.2, 0.25) is 0 Å². The van der Waals surface area contributed by atoms with Gasteiger partial charge in [-0.15, -0.1) is 0 Å². The van der Waals surface area contributed by atoms with Gasteiger partial charge in [-0.05, 0) is 50.7 Å². The molecular formula is C15H24N2O. The summed E-state index contributed by atoms with van der Waals surface area (Å²) in [5.74, 6) is 0.822. The quantitative estimate of drug-likeness (QED) is 0.749. The molecule has 1 fully saturated rings. The molecule has 3 nitrogen and oxygen atoms in total. The average molecular weight is 248 g/mol. The van der Waals surface area contributed by atoms with Crippen LogP contribution in [0.3, 0.4) is 0 Å². The fourth-order valence-corrected chi connectivity index (χ4v) is 2.78. The second-order valence-corrected chi connectivity index (χ2v) is 5.24. The lowest BCUT2D eigenvalue weighted by molar-refractivity contribution is 0.184. The molecule has 1 aliphatic heterocycles. The van der Waals surface area contributed by atoms with Gasteiger partial charge >= 0.3 is 0 Å². The fourth-order valence-electron chi connectivity index (χ4n) is 2.78. The number of piperidine rings is 1. The molecule has 0 bridgehead atoms. The van der Waals surface area contributed by atoms with Crippen LogP contribution in [0.25, 0.3) is 0 Å². The highest BCUT2D eigenvalue weighted by molar-refractivity contribution is 5.46. The van der Waals surface area contributed by atoms with Crippen LogP contribution in [0.2, 0.25) is 0 Å². The number of methoxy groups -OCH3 is 1. The van der Waals surface area contributed by atoms with Crippen molar-refractivity contribution in [3.63, 3.8) is 0 Å². The Morgan fingerprint density at radius 3 is 3.17 bits per heavy atom. The van der Waals surface area contributed by atoms with Gasteiger partial charge in [0.1, 0.15) is 0 Å². The molecule has 2 heterocycles. The maximum atomic E-state index is 5.14. The van der Waals surface area contributed by atoms with Crippen LogP contribution >= 0.6 is 0 Å². The van der Waals surface area contributed by atoms with E-state index in [9.17, 15) is 0 Å². The van der Waals surface area contributed by atoms with Gasteiger partial charge in [-0.25, -0.2) is 0 Å². The molecule has 0 aromatic carbocycles. The monoisotopic (exact) mass is 248 g/mol. The van der Waals surface area contributed by atoms with Crippen LogP contribution < -0.4 is 4.90 Å². The van der Waals surface area contributed by atoms with E-state index in [1.54, 1.807) is 7.11 Å². The van der Waals surface area contributed by atoms with Gasteiger partial charge < -0.3 is 9.64 Å². The topological polar surface area (TPSA) is 25.4 Å². The van der Waals surface area contributed by atoms with Crippen LogP contribution in [-0.4, -0.2) is 31.8 Å². The number of hydrogen-bond donors (Lipinski definition) is 0. The van der Waals surface area contributed by atoms with Gasteiger partial charge in [0.25, 0.3) is 0 Å². The van der Waals surface area contributed by atoms with Crippen molar-refractivity contribution in [3.8, 4) is 0 Å². The summed E-state index contributed by atoms with van der Waals surface area (Å²) in [7, 11) is 1.78. The first-order chi connectivity index (χ1) is 8.79. The largest absolute Gasteiger partial charge is 0.385 e. The van der Waals surface area contributed by atoms with E-state index in [2.05, 4.69) is 28.9 Å². The molecule has 0 radical (unpaired) electrons. The van der Waals surface area contributed by atoms with Crippen molar-refractivity contribution in [2.24, 2.45) is 5.92 Å². The number of rotatable bonds is 5. The molecule has 2 rings (SSSR count). The molecular weight excluding hydrogens is 224 g/mol. The average Bonchev–Trinajstić information content (AvgIpc) is 2.39. The van der Waals surface area contributed by atoms with Gasteiger partial charge in [0.15, 0.2) is 0 Å².